The Hall–Kier alpha value is -2.14. The zero-order valence-corrected chi connectivity index (χ0v) is 14.9. The molecule has 1 unspecified atom stereocenters. The highest BCUT2D eigenvalue weighted by Gasteiger charge is 2.16. The van der Waals surface area contributed by atoms with Gasteiger partial charge in [-0.25, -0.2) is 4.79 Å². The number of likely N-dealkylation sites (N-methyl/N-ethyl adjacent to an activating group) is 1. The lowest BCUT2D eigenvalue weighted by Gasteiger charge is -2.19. The first-order valence-corrected chi connectivity index (χ1v) is 8.61. The second-order valence-corrected chi connectivity index (χ2v) is 6.45. The quantitative estimate of drug-likeness (QED) is 0.752. The summed E-state index contributed by atoms with van der Waals surface area (Å²) in [5.74, 6) is 0.0300. The van der Waals surface area contributed by atoms with Crippen molar-refractivity contribution in [3.05, 3.63) is 45.8 Å². The molecule has 0 radical (unpaired) electrons. The highest BCUT2D eigenvalue weighted by molar-refractivity contribution is 5.81. The molecule has 2 rings (SSSR count). The van der Waals surface area contributed by atoms with Gasteiger partial charge in [0, 0.05) is 23.1 Å². The monoisotopic (exact) mass is 331 g/mol. The number of quaternary nitrogens is 1. The third-order valence-corrected chi connectivity index (χ3v) is 4.10. The van der Waals surface area contributed by atoms with E-state index in [-0.39, 0.29) is 17.6 Å². The van der Waals surface area contributed by atoms with Crippen LogP contribution in [0.5, 0.6) is 0 Å². The third-order valence-electron chi connectivity index (χ3n) is 4.10. The SMILES string of the molecule is CCc1ccc2c(C[NH+](CC)CC(=O)NC(C)C)cc(=O)oc2c1. The molecule has 0 bridgehead atoms. The van der Waals surface area contributed by atoms with Crippen LogP contribution in [-0.2, 0) is 17.8 Å². The lowest BCUT2D eigenvalue weighted by atomic mass is 10.1. The fraction of sp³-hybridized carbons (Fsp3) is 0.474. The topological polar surface area (TPSA) is 63.8 Å². The normalized spacial score (nSPS) is 12.5. The lowest BCUT2D eigenvalue weighted by Crippen LogP contribution is -3.11. The summed E-state index contributed by atoms with van der Waals surface area (Å²) in [6, 6.07) is 7.67. The number of benzene rings is 1. The van der Waals surface area contributed by atoms with E-state index in [0.29, 0.717) is 18.7 Å². The fourth-order valence-corrected chi connectivity index (χ4v) is 2.82. The van der Waals surface area contributed by atoms with Crippen LogP contribution in [0.1, 0.15) is 38.8 Å². The number of hydrogen-bond acceptors (Lipinski definition) is 3. The molecule has 0 spiro atoms. The molecule has 1 atom stereocenters. The van der Waals surface area contributed by atoms with Gasteiger partial charge in [-0.05, 0) is 38.8 Å². The maximum atomic E-state index is 12.0. The van der Waals surface area contributed by atoms with E-state index in [2.05, 4.69) is 18.3 Å². The zero-order chi connectivity index (χ0) is 17.7. The minimum absolute atomic E-state index is 0.0300. The average molecular weight is 331 g/mol. The van der Waals surface area contributed by atoms with Gasteiger partial charge >= 0.3 is 5.63 Å². The van der Waals surface area contributed by atoms with Gasteiger partial charge in [-0.2, -0.15) is 0 Å². The molecule has 130 valence electrons. The predicted molar refractivity (Wildman–Crippen MR) is 95.2 cm³/mol. The number of hydrogen-bond donors (Lipinski definition) is 2. The van der Waals surface area contributed by atoms with E-state index in [0.717, 1.165) is 34.4 Å². The first-order chi connectivity index (χ1) is 11.4. The van der Waals surface area contributed by atoms with Gasteiger partial charge < -0.3 is 14.6 Å². The zero-order valence-electron chi connectivity index (χ0n) is 14.9. The van der Waals surface area contributed by atoms with E-state index in [1.807, 2.05) is 32.9 Å². The number of carbonyl (C=O) groups excluding carboxylic acids is 1. The molecule has 2 aromatic rings. The van der Waals surface area contributed by atoms with E-state index in [9.17, 15) is 9.59 Å². The van der Waals surface area contributed by atoms with Crippen molar-refractivity contribution in [3.63, 3.8) is 0 Å². The highest BCUT2D eigenvalue weighted by Crippen LogP contribution is 2.18. The summed E-state index contributed by atoms with van der Waals surface area (Å²) in [6.45, 7) is 9.83. The Bertz CT molecular complexity index is 765. The second kappa shape index (κ2) is 8.11. The van der Waals surface area contributed by atoms with Gasteiger partial charge in [-0.15, -0.1) is 0 Å². The molecule has 1 amide bonds. The van der Waals surface area contributed by atoms with Crippen molar-refractivity contribution in [2.45, 2.75) is 46.7 Å². The van der Waals surface area contributed by atoms with Crippen LogP contribution < -0.4 is 15.8 Å². The lowest BCUT2D eigenvalue weighted by molar-refractivity contribution is -0.904. The van der Waals surface area contributed by atoms with Gasteiger partial charge in [0.2, 0.25) is 0 Å². The summed E-state index contributed by atoms with van der Waals surface area (Å²) in [4.78, 5) is 25.0. The highest BCUT2D eigenvalue weighted by atomic mass is 16.4. The average Bonchev–Trinajstić information content (AvgIpc) is 2.52. The first kappa shape index (κ1) is 18.2. The number of carbonyl (C=O) groups is 1. The van der Waals surface area contributed by atoms with Gasteiger partial charge in [0.15, 0.2) is 6.54 Å². The summed E-state index contributed by atoms with van der Waals surface area (Å²) in [5, 5.41) is 3.86. The molecule has 0 saturated heterocycles. The van der Waals surface area contributed by atoms with Gasteiger partial charge in [0.1, 0.15) is 12.1 Å². The first-order valence-electron chi connectivity index (χ1n) is 8.61. The van der Waals surface area contributed by atoms with Crippen molar-refractivity contribution < 1.29 is 14.1 Å². The van der Waals surface area contributed by atoms with Crippen LogP contribution in [0, 0.1) is 0 Å². The molecule has 1 aromatic heterocycles. The van der Waals surface area contributed by atoms with Crippen LogP contribution >= 0.6 is 0 Å². The molecule has 0 fully saturated rings. The van der Waals surface area contributed by atoms with Crippen LogP contribution in [0.25, 0.3) is 11.0 Å². The Morgan fingerprint density at radius 1 is 1.25 bits per heavy atom. The Labute approximate surface area is 142 Å². The summed E-state index contributed by atoms with van der Waals surface area (Å²) < 4.78 is 5.35. The molecule has 0 aliphatic carbocycles. The minimum atomic E-state index is -0.340. The summed E-state index contributed by atoms with van der Waals surface area (Å²) >= 11 is 0. The molecular formula is C19H27N2O3+. The van der Waals surface area contributed by atoms with Crippen LogP contribution in [0.4, 0.5) is 0 Å². The van der Waals surface area contributed by atoms with Crippen molar-refractivity contribution in [1.29, 1.82) is 0 Å². The molecule has 24 heavy (non-hydrogen) atoms. The van der Waals surface area contributed by atoms with E-state index in [1.54, 1.807) is 6.07 Å². The van der Waals surface area contributed by atoms with Gasteiger partial charge in [-0.1, -0.05) is 19.1 Å². The number of aryl methyl sites for hydroxylation is 1. The van der Waals surface area contributed by atoms with Gasteiger partial charge in [0.05, 0.1) is 6.54 Å². The van der Waals surface area contributed by atoms with Crippen molar-refractivity contribution in [3.8, 4) is 0 Å². The van der Waals surface area contributed by atoms with E-state index >= 15 is 0 Å². The number of nitrogens with one attached hydrogen (secondary N) is 2. The maximum Gasteiger partial charge on any atom is 0.336 e. The summed E-state index contributed by atoms with van der Waals surface area (Å²) in [6.07, 6.45) is 0.894. The largest absolute Gasteiger partial charge is 0.423 e. The maximum absolute atomic E-state index is 12.0. The van der Waals surface area contributed by atoms with Crippen LogP contribution in [0.15, 0.2) is 33.5 Å². The molecular weight excluding hydrogens is 304 g/mol. The van der Waals surface area contributed by atoms with Gasteiger partial charge in [0.25, 0.3) is 5.91 Å². The molecule has 1 aromatic carbocycles. The van der Waals surface area contributed by atoms with E-state index in [4.69, 9.17) is 4.42 Å². The van der Waals surface area contributed by atoms with Crippen LogP contribution in [0.3, 0.4) is 0 Å². The standard InChI is InChI=1S/C19H26N2O3/c1-5-14-7-8-16-15(10-19(23)24-17(16)9-14)11-21(6-2)12-18(22)20-13(3)4/h7-10,13H,5-6,11-12H2,1-4H3,(H,20,22)/p+1. The Balaban J connectivity index is 2.27. The predicted octanol–water partition coefficient (Wildman–Crippen LogP) is 1.28. The summed E-state index contributed by atoms with van der Waals surface area (Å²) in [7, 11) is 0. The van der Waals surface area contributed by atoms with Crippen molar-refractivity contribution in [2.75, 3.05) is 13.1 Å². The van der Waals surface area contributed by atoms with Crippen molar-refractivity contribution in [1.82, 2.24) is 5.32 Å². The van der Waals surface area contributed by atoms with E-state index in [1.165, 1.54) is 0 Å². The third kappa shape index (κ3) is 4.68. The minimum Gasteiger partial charge on any atom is -0.423 e. The smallest absolute Gasteiger partial charge is 0.336 e. The molecule has 0 saturated carbocycles. The Kier molecular flexibility index (Phi) is 6.15. The molecule has 1 heterocycles. The van der Waals surface area contributed by atoms with Gasteiger partial charge in [-0.3, -0.25) is 4.79 Å². The molecule has 2 N–H and O–H groups in total. The molecule has 0 aliphatic rings. The summed E-state index contributed by atoms with van der Waals surface area (Å²) in [5.41, 5.74) is 2.35. The van der Waals surface area contributed by atoms with Crippen LogP contribution in [0.2, 0.25) is 0 Å². The molecule has 5 heteroatoms. The van der Waals surface area contributed by atoms with Crippen LogP contribution in [-0.4, -0.2) is 25.0 Å². The number of rotatable bonds is 7. The van der Waals surface area contributed by atoms with Crippen molar-refractivity contribution in [2.24, 2.45) is 0 Å². The molecule has 0 aliphatic heterocycles. The van der Waals surface area contributed by atoms with E-state index < -0.39 is 0 Å². The molecule has 5 nitrogen and oxygen atoms in total. The number of amides is 1. The van der Waals surface area contributed by atoms with Crippen molar-refractivity contribution >= 4 is 16.9 Å². The Morgan fingerprint density at radius 3 is 2.62 bits per heavy atom. The Morgan fingerprint density at radius 2 is 2.00 bits per heavy atom. The fourth-order valence-electron chi connectivity index (χ4n) is 2.82. The second-order valence-electron chi connectivity index (χ2n) is 6.45. The number of fused-ring (bicyclic) bond motifs is 1.